The van der Waals surface area contributed by atoms with Gasteiger partial charge in [-0.1, -0.05) is 30.3 Å². The van der Waals surface area contributed by atoms with Crippen molar-refractivity contribution in [2.45, 2.75) is 13.8 Å². The molecule has 1 rings (SSSR count). The van der Waals surface area contributed by atoms with Crippen LogP contribution < -0.4 is 0 Å². The molecular formula is C14H12N2. The van der Waals surface area contributed by atoms with Crippen LogP contribution in [0.2, 0.25) is 0 Å². The number of benzene rings is 1. The molecule has 0 bridgehead atoms. The van der Waals surface area contributed by atoms with Gasteiger partial charge in [0.2, 0.25) is 0 Å². The minimum Gasteiger partial charge on any atom is -0.243 e. The summed E-state index contributed by atoms with van der Waals surface area (Å²) in [6, 6.07) is 9.82. The fourth-order valence-corrected chi connectivity index (χ4v) is 1.24. The number of hydrogen-bond acceptors (Lipinski definition) is 1. The highest BCUT2D eigenvalue weighted by molar-refractivity contribution is 5.60. The average Bonchev–Trinajstić information content (AvgIpc) is 2.31. The first-order valence-electron chi connectivity index (χ1n) is 4.90. The van der Waals surface area contributed by atoms with Crippen molar-refractivity contribution in [3.05, 3.63) is 58.1 Å². The molecule has 0 unspecified atom stereocenters. The van der Waals surface area contributed by atoms with Gasteiger partial charge >= 0.3 is 0 Å². The quantitative estimate of drug-likeness (QED) is 0.535. The normalized spacial score (nSPS) is 11.8. The van der Waals surface area contributed by atoms with Crippen LogP contribution in [0.25, 0.3) is 17.0 Å². The summed E-state index contributed by atoms with van der Waals surface area (Å²) in [6.45, 7) is 10.4. The Morgan fingerprint density at radius 2 is 1.69 bits per heavy atom. The van der Waals surface area contributed by atoms with Crippen molar-refractivity contribution in [2.24, 2.45) is 0 Å². The molecule has 2 nitrogen and oxygen atoms in total. The van der Waals surface area contributed by atoms with E-state index >= 15 is 0 Å². The van der Waals surface area contributed by atoms with E-state index in [2.05, 4.69) is 10.9 Å². The van der Waals surface area contributed by atoms with Crippen molar-refractivity contribution in [2.75, 3.05) is 0 Å². The summed E-state index contributed by atoms with van der Waals surface area (Å²) in [5.74, 6) is 0. The molecule has 0 aromatic heterocycles. The van der Waals surface area contributed by atoms with E-state index in [-0.39, 0.29) is 0 Å². The van der Waals surface area contributed by atoms with E-state index < -0.39 is 0 Å². The summed E-state index contributed by atoms with van der Waals surface area (Å²) in [7, 11) is 0. The summed E-state index contributed by atoms with van der Waals surface area (Å²) < 4.78 is 0. The first-order chi connectivity index (χ1) is 7.65. The molecule has 0 aliphatic rings. The third-order valence-corrected chi connectivity index (χ3v) is 2.05. The molecule has 2 heteroatoms. The van der Waals surface area contributed by atoms with Crippen LogP contribution in [0.15, 0.2) is 35.5 Å². The Balaban J connectivity index is 2.94. The van der Waals surface area contributed by atoms with Gasteiger partial charge in [0.05, 0.1) is 12.6 Å². The maximum Gasteiger partial charge on any atom is 0.163 e. The summed E-state index contributed by atoms with van der Waals surface area (Å²) in [6.07, 6.45) is 3.66. The van der Waals surface area contributed by atoms with Crippen molar-refractivity contribution in [3.63, 3.8) is 0 Å². The van der Waals surface area contributed by atoms with Gasteiger partial charge in [-0.2, -0.15) is 5.26 Å². The van der Waals surface area contributed by atoms with Crippen LogP contribution in [0.4, 0.5) is 0 Å². The molecule has 16 heavy (non-hydrogen) atoms. The molecule has 0 heterocycles. The average molecular weight is 208 g/mol. The van der Waals surface area contributed by atoms with Gasteiger partial charge in [-0.25, -0.2) is 4.85 Å². The predicted octanol–water partition coefficient (Wildman–Crippen LogP) is 3.89. The largest absolute Gasteiger partial charge is 0.243 e. The molecule has 0 saturated carbocycles. The Hall–Kier alpha value is -2.32. The number of nitriles is 1. The molecule has 0 aliphatic carbocycles. The summed E-state index contributed by atoms with van der Waals surface area (Å²) in [4.78, 5) is 3.32. The minimum absolute atomic E-state index is 0.663. The van der Waals surface area contributed by atoms with Crippen LogP contribution in [-0.4, -0.2) is 0 Å². The van der Waals surface area contributed by atoms with Crippen LogP contribution in [0, 0.1) is 17.9 Å². The smallest absolute Gasteiger partial charge is 0.163 e. The van der Waals surface area contributed by atoms with E-state index in [0.717, 1.165) is 11.1 Å². The molecule has 0 aliphatic heterocycles. The topological polar surface area (TPSA) is 28.1 Å². The molecule has 0 saturated heterocycles. The maximum atomic E-state index is 8.64. The molecule has 0 N–H and O–H groups in total. The van der Waals surface area contributed by atoms with E-state index in [1.165, 1.54) is 0 Å². The zero-order valence-corrected chi connectivity index (χ0v) is 9.36. The summed E-state index contributed by atoms with van der Waals surface area (Å²) in [5.41, 5.74) is 3.34. The van der Waals surface area contributed by atoms with Crippen molar-refractivity contribution in [1.29, 1.82) is 5.26 Å². The molecule has 1 aromatic carbocycles. The van der Waals surface area contributed by atoms with E-state index in [4.69, 9.17) is 11.8 Å². The molecule has 78 valence electrons. The lowest BCUT2D eigenvalue weighted by molar-refractivity contribution is 1.45. The Morgan fingerprint density at radius 3 is 2.12 bits per heavy atom. The molecule has 1 aromatic rings. The maximum absolute atomic E-state index is 8.64. The van der Waals surface area contributed by atoms with Gasteiger partial charge in [-0.05, 0) is 31.1 Å². The van der Waals surface area contributed by atoms with Gasteiger partial charge < -0.3 is 0 Å². The zero-order valence-electron chi connectivity index (χ0n) is 9.36. The Bertz CT molecular complexity index is 456. The third kappa shape index (κ3) is 3.44. The van der Waals surface area contributed by atoms with Gasteiger partial charge in [-0.3, -0.25) is 0 Å². The van der Waals surface area contributed by atoms with E-state index in [1.54, 1.807) is 13.8 Å². The first-order valence-corrected chi connectivity index (χ1v) is 4.90. The Morgan fingerprint density at radius 1 is 1.19 bits per heavy atom. The fraction of sp³-hybridized carbons (Fsp3) is 0.143. The second-order valence-corrected chi connectivity index (χ2v) is 3.50. The highest BCUT2D eigenvalue weighted by Gasteiger charge is 1.92. The van der Waals surface area contributed by atoms with Crippen LogP contribution in [0.1, 0.15) is 25.0 Å². The number of rotatable bonds is 2. The van der Waals surface area contributed by atoms with Crippen LogP contribution in [-0.2, 0) is 0 Å². The van der Waals surface area contributed by atoms with Crippen molar-refractivity contribution < 1.29 is 0 Å². The Kier molecular flexibility index (Phi) is 4.07. The lowest BCUT2D eigenvalue weighted by Gasteiger charge is -1.96. The lowest BCUT2D eigenvalue weighted by Crippen LogP contribution is -1.77. The second-order valence-electron chi connectivity index (χ2n) is 3.50. The van der Waals surface area contributed by atoms with Crippen molar-refractivity contribution in [1.82, 2.24) is 0 Å². The van der Waals surface area contributed by atoms with Gasteiger partial charge in [0, 0.05) is 5.57 Å². The monoisotopic (exact) mass is 208 g/mol. The minimum atomic E-state index is 0.663. The van der Waals surface area contributed by atoms with E-state index in [1.807, 2.05) is 36.4 Å². The second kappa shape index (κ2) is 5.53. The van der Waals surface area contributed by atoms with Gasteiger partial charge in [0.15, 0.2) is 5.70 Å². The first kappa shape index (κ1) is 11.8. The van der Waals surface area contributed by atoms with Crippen LogP contribution in [0.5, 0.6) is 0 Å². The van der Waals surface area contributed by atoms with Gasteiger partial charge in [0.1, 0.15) is 0 Å². The molecule has 0 amide bonds. The standard InChI is InChI=1S/C14H12N2/c1-11(10-15)8-13-4-6-14(7-5-13)9-12(2)16-3/h4-9H,1-2H3/b11-8+,12-9+. The molecule has 0 radical (unpaired) electrons. The molecule has 0 spiro atoms. The zero-order chi connectivity index (χ0) is 12.0. The van der Waals surface area contributed by atoms with Crippen LogP contribution >= 0.6 is 0 Å². The highest BCUT2D eigenvalue weighted by Crippen LogP contribution is 2.11. The number of hydrogen-bond donors (Lipinski definition) is 0. The molecular weight excluding hydrogens is 196 g/mol. The van der Waals surface area contributed by atoms with Crippen molar-refractivity contribution in [3.8, 4) is 6.07 Å². The molecule has 0 fully saturated rings. The van der Waals surface area contributed by atoms with Crippen molar-refractivity contribution >= 4 is 12.2 Å². The number of allylic oxidation sites excluding steroid dienone is 2. The number of nitrogens with zero attached hydrogens (tertiary/aromatic N) is 2. The van der Waals surface area contributed by atoms with Gasteiger partial charge in [-0.15, -0.1) is 0 Å². The van der Waals surface area contributed by atoms with Crippen LogP contribution in [0.3, 0.4) is 0 Å². The third-order valence-electron chi connectivity index (χ3n) is 2.05. The Labute approximate surface area is 96.0 Å². The fourth-order valence-electron chi connectivity index (χ4n) is 1.24. The molecule has 0 atom stereocenters. The predicted molar refractivity (Wildman–Crippen MR) is 66.0 cm³/mol. The van der Waals surface area contributed by atoms with E-state index in [0.29, 0.717) is 11.3 Å². The van der Waals surface area contributed by atoms with E-state index in [9.17, 15) is 0 Å². The highest BCUT2D eigenvalue weighted by atomic mass is 14.6. The van der Waals surface area contributed by atoms with Gasteiger partial charge in [0.25, 0.3) is 0 Å². The summed E-state index contributed by atoms with van der Waals surface area (Å²) in [5, 5.41) is 8.64. The SMILES string of the molecule is [C-]#[N+]/C(C)=C/c1ccc(/C=C(\C)C#N)cc1. The summed E-state index contributed by atoms with van der Waals surface area (Å²) >= 11 is 0. The lowest BCUT2D eigenvalue weighted by atomic mass is 10.1.